The summed E-state index contributed by atoms with van der Waals surface area (Å²) in [5, 5.41) is 7.08. The summed E-state index contributed by atoms with van der Waals surface area (Å²) in [5.41, 5.74) is 26.3. The van der Waals surface area contributed by atoms with Gasteiger partial charge in [-0.05, 0) is 195 Å². The summed E-state index contributed by atoms with van der Waals surface area (Å²) in [5.74, 6) is 1.78. The van der Waals surface area contributed by atoms with Gasteiger partial charge in [0.25, 0.3) is 0 Å². The Labute approximate surface area is 532 Å². The molecule has 0 bridgehead atoms. The first-order valence-corrected chi connectivity index (χ1v) is 31.8. The van der Waals surface area contributed by atoms with Crippen LogP contribution in [0.4, 0.5) is 34.4 Å². The second kappa shape index (κ2) is 20.6. The number of pyridine rings is 2. The third kappa shape index (κ3) is 8.95. The van der Waals surface area contributed by atoms with Gasteiger partial charge in [-0.2, -0.15) is 0 Å². The van der Waals surface area contributed by atoms with Crippen molar-refractivity contribution < 1.29 is 0 Å². The Hall–Kier alpha value is -10.9. The van der Waals surface area contributed by atoms with Crippen LogP contribution < -0.4 is 9.80 Å². The molecule has 0 fully saturated rings. The molecule has 0 saturated carbocycles. The van der Waals surface area contributed by atoms with Crippen molar-refractivity contribution in [3.8, 4) is 33.4 Å². The molecule has 0 amide bonds. The topological polar surface area (TPSA) is 32.3 Å². The minimum Gasteiger partial charge on any atom is -0.295 e. The molecule has 0 radical (unpaired) electrons. The molecular formula is C87H66N4. The summed E-state index contributed by atoms with van der Waals surface area (Å²) in [6, 6.07) is 98.1. The van der Waals surface area contributed by atoms with Gasteiger partial charge in [-0.3, -0.25) is 9.80 Å². The lowest BCUT2D eigenvalue weighted by Crippen LogP contribution is -2.17. The maximum absolute atomic E-state index is 5.25. The molecule has 3 aliphatic rings. The highest BCUT2D eigenvalue weighted by Gasteiger charge is 2.39. The van der Waals surface area contributed by atoms with Gasteiger partial charge in [-0.1, -0.05) is 248 Å². The number of fused-ring (bicyclic) bond motifs is 13. The lowest BCUT2D eigenvalue weighted by Gasteiger charge is -2.27. The van der Waals surface area contributed by atoms with Crippen LogP contribution in [-0.4, -0.2) is 9.97 Å². The fraction of sp³-hybridized carbons (Fsp3) is 0.103. The lowest BCUT2D eigenvalue weighted by molar-refractivity contribution is 0.660. The summed E-state index contributed by atoms with van der Waals surface area (Å²) in [6.07, 6.45) is 9.17. The van der Waals surface area contributed by atoms with Crippen molar-refractivity contribution >= 4 is 102 Å². The van der Waals surface area contributed by atoms with Crippen LogP contribution in [0.1, 0.15) is 97.2 Å². The molecule has 434 valence electrons. The van der Waals surface area contributed by atoms with Crippen molar-refractivity contribution in [2.24, 2.45) is 0 Å². The van der Waals surface area contributed by atoms with Crippen LogP contribution in [0.2, 0.25) is 0 Å². The number of aromatic nitrogens is 2. The minimum absolute atomic E-state index is 0.175. The standard InChI is InChI=1S/C87H66N4/c1-85(2)75-47-55(23-25-57-29-41-71-73-43-37-67(53-79(73)86(3,4)77(71)49-57)90(65-35-31-59-15-7-9-19-63(59)51-65)83-45-33-61-17-11-13-21-81(61)88-83)27-39-69(75)70-40-28-56(48-76(70)85)24-26-58-30-42-72-74-44-38-68(54-80(74)87(5,6)78(72)50-58)91(66-36-32-60-16-8-10-20-64(60)52-66)84-46-34-62-18-12-14-22-82(62)89-84/h7-54H,1-6H3/b25-23+,26-24+. The van der Waals surface area contributed by atoms with Crippen LogP contribution in [0.25, 0.3) is 101 Å². The van der Waals surface area contributed by atoms with Gasteiger partial charge in [0.2, 0.25) is 0 Å². The smallest absolute Gasteiger partial charge is 0.138 e. The monoisotopic (exact) mass is 1170 g/mol. The molecule has 4 heteroatoms. The summed E-state index contributed by atoms with van der Waals surface area (Å²) >= 11 is 0. The van der Waals surface area contributed by atoms with Crippen molar-refractivity contribution in [1.29, 1.82) is 0 Å². The van der Waals surface area contributed by atoms with E-state index in [1.54, 1.807) is 0 Å². The Morgan fingerprint density at radius 2 is 0.505 bits per heavy atom. The molecule has 0 saturated heterocycles. The second-order valence-corrected chi connectivity index (χ2v) is 26.7. The average molecular weight is 1170 g/mol. The van der Waals surface area contributed by atoms with E-state index in [9.17, 15) is 0 Å². The minimum atomic E-state index is -0.231. The largest absolute Gasteiger partial charge is 0.295 e. The predicted octanol–water partition coefficient (Wildman–Crippen LogP) is 23.3. The molecule has 0 unspecified atom stereocenters. The van der Waals surface area contributed by atoms with E-state index in [-0.39, 0.29) is 16.2 Å². The summed E-state index contributed by atoms with van der Waals surface area (Å²) in [6.45, 7) is 14.3. The van der Waals surface area contributed by atoms with E-state index in [4.69, 9.17) is 9.97 Å². The van der Waals surface area contributed by atoms with Gasteiger partial charge >= 0.3 is 0 Å². The Balaban J connectivity index is 0.618. The molecule has 3 aliphatic carbocycles. The SMILES string of the molecule is CC1(C)c2cc(/C=C/c3ccc4c(c3)C(C)(C)c3cc(N(c5ccc6ccccc6c5)c5ccc6ccccc6n5)ccc3-4)ccc2-c2ccc(/C=C/c3ccc4c(c3)C(C)(C)c3cc(N(c5ccc6ccccc6c5)c5ccc6ccccc6n5)ccc3-4)cc21. The van der Waals surface area contributed by atoms with Gasteiger partial charge < -0.3 is 0 Å². The van der Waals surface area contributed by atoms with Gasteiger partial charge in [0, 0.05) is 49.8 Å². The summed E-state index contributed by atoms with van der Waals surface area (Å²) in [4.78, 5) is 15.1. The van der Waals surface area contributed by atoms with Gasteiger partial charge in [0.15, 0.2) is 0 Å². The molecule has 0 spiro atoms. The Kier molecular flexibility index (Phi) is 12.3. The molecule has 4 nitrogen and oxygen atoms in total. The zero-order chi connectivity index (χ0) is 61.3. The van der Waals surface area contributed by atoms with Crippen molar-refractivity contribution in [1.82, 2.24) is 9.97 Å². The molecule has 2 aromatic heterocycles. The van der Waals surface area contributed by atoms with E-state index in [2.05, 4.69) is 343 Å². The van der Waals surface area contributed by atoms with Gasteiger partial charge in [0.05, 0.1) is 11.0 Å². The highest BCUT2D eigenvalue weighted by molar-refractivity contribution is 5.95. The number of benzene rings is 12. The van der Waals surface area contributed by atoms with E-state index in [0.717, 1.165) is 56.2 Å². The van der Waals surface area contributed by atoms with Crippen LogP contribution in [-0.2, 0) is 16.2 Å². The van der Waals surface area contributed by atoms with Crippen LogP contribution in [0, 0.1) is 0 Å². The molecule has 14 aromatic rings. The maximum atomic E-state index is 5.25. The molecule has 0 atom stereocenters. The number of anilines is 6. The van der Waals surface area contributed by atoms with Gasteiger partial charge in [-0.15, -0.1) is 0 Å². The third-order valence-electron chi connectivity index (χ3n) is 20.2. The Morgan fingerprint density at radius 3 is 0.857 bits per heavy atom. The van der Waals surface area contributed by atoms with Crippen LogP contribution in [0.3, 0.4) is 0 Å². The fourth-order valence-corrected chi connectivity index (χ4v) is 15.2. The first-order chi connectivity index (χ1) is 44.3. The van der Waals surface area contributed by atoms with E-state index >= 15 is 0 Å². The van der Waals surface area contributed by atoms with Crippen molar-refractivity contribution in [3.63, 3.8) is 0 Å². The Morgan fingerprint density at radius 1 is 0.242 bits per heavy atom. The molecule has 12 aromatic carbocycles. The van der Waals surface area contributed by atoms with Crippen molar-refractivity contribution in [3.05, 3.63) is 323 Å². The highest BCUT2D eigenvalue weighted by atomic mass is 15.2. The van der Waals surface area contributed by atoms with Gasteiger partial charge in [-0.25, -0.2) is 9.97 Å². The third-order valence-corrected chi connectivity index (χ3v) is 20.2. The molecule has 91 heavy (non-hydrogen) atoms. The van der Waals surface area contributed by atoms with Crippen LogP contribution in [0.15, 0.2) is 267 Å². The average Bonchev–Trinajstić information content (AvgIpc) is 1.65. The Bertz CT molecular complexity index is 4930. The van der Waals surface area contributed by atoms with E-state index in [0.29, 0.717) is 0 Å². The number of hydrogen-bond donors (Lipinski definition) is 0. The highest BCUT2D eigenvalue weighted by Crippen LogP contribution is 2.54. The second-order valence-electron chi connectivity index (χ2n) is 26.7. The van der Waals surface area contributed by atoms with E-state index < -0.39 is 0 Å². The molecular weight excluding hydrogens is 1100 g/mol. The first kappa shape index (κ1) is 54.2. The predicted molar refractivity (Wildman–Crippen MR) is 385 cm³/mol. The first-order valence-electron chi connectivity index (χ1n) is 31.8. The van der Waals surface area contributed by atoms with Crippen molar-refractivity contribution in [2.45, 2.75) is 57.8 Å². The maximum Gasteiger partial charge on any atom is 0.138 e. The zero-order valence-corrected chi connectivity index (χ0v) is 52.0. The fourth-order valence-electron chi connectivity index (χ4n) is 15.2. The van der Waals surface area contributed by atoms with E-state index in [1.807, 2.05) is 0 Å². The lowest BCUT2D eigenvalue weighted by atomic mass is 9.81. The molecule has 17 rings (SSSR count). The van der Waals surface area contributed by atoms with E-state index in [1.165, 1.54) is 111 Å². The van der Waals surface area contributed by atoms with Crippen LogP contribution >= 0.6 is 0 Å². The number of nitrogens with zero attached hydrogens (tertiary/aromatic N) is 4. The molecule has 2 heterocycles. The number of hydrogen-bond acceptors (Lipinski definition) is 4. The molecule has 0 N–H and O–H groups in total. The number of para-hydroxylation sites is 2. The normalized spacial score (nSPS) is 14.4. The number of rotatable bonds is 10. The zero-order valence-electron chi connectivity index (χ0n) is 52.0. The summed E-state index contributed by atoms with van der Waals surface area (Å²) < 4.78 is 0. The van der Waals surface area contributed by atoms with Gasteiger partial charge in [0.1, 0.15) is 11.6 Å². The van der Waals surface area contributed by atoms with Crippen LogP contribution in [0.5, 0.6) is 0 Å². The quantitative estimate of drug-likeness (QED) is 0.128. The van der Waals surface area contributed by atoms with Crippen molar-refractivity contribution in [2.75, 3.05) is 9.80 Å². The summed E-state index contributed by atoms with van der Waals surface area (Å²) in [7, 11) is 0. The molecule has 0 aliphatic heterocycles.